The Hall–Kier alpha value is -8.68. The van der Waals surface area contributed by atoms with Crippen LogP contribution in [0, 0.1) is 23.7 Å². The van der Waals surface area contributed by atoms with Gasteiger partial charge in [0.1, 0.15) is 23.0 Å². The minimum Gasteiger partial charge on any atom is -0.493 e. The molecule has 0 spiro atoms. The number of ether oxygens (including phenoxy) is 4. The van der Waals surface area contributed by atoms with E-state index in [1.54, 1.807) is 44.5 Å². The van der Waals surface area contributed by atoms with Crippen molar-refractivity contribution in [2.75, 3.05) is 40.5 Å². The highest BCUT2D eigenvalue weighted by Crippen LogP contribution is 2.36. The van der Waals surface area contributed by atoms with E-state index in [1.807, 2.05) is 42.5 Å². The van der Waals surface area contributed by atoms with E-state index >= 15 is 0 Å². The third-order valence-corrected chi connectivity index (χ3v) is 22.8. The minimum absolute atomic E-state index is 0.393. The molecule has 0 fully saturated rings. The SMILES string of the molecule is CC1Cc2ccccc2C1.CN1CCc2ccccc2C1.CN1Cc2ccccc2C1.C[C@@H]1CCCc2ccccc21.C[C@@H]1CCc2ccccc21.C[C@@H]1CCc2ccccc2C1.C[C@@H]1COc2ccccc21.C[C@@H]1COc2ccccc2C1.C[C@H]1CCOc2ccccc2C1.C[C@H]1CCc2ccccc2O1. The second-order valence-corrected chi connectivity index (χ2v) is 32.3. The van der Waals surface area contributed by atoms with Gasteiger partial charge in [0.25, 0.3) is 0 Å². The average Bonchev–Trinajstić information content (AvgIpc) is 0.942. The average molecular weight is 1430 g/mol. The van der Waals surface area contributed by atoms with E-state index < -0.39 is 0 Å². The van der Waals surface area contributed by atoms with E-state index in [2.05, 4.69) is 279 Å². The molecule has 20 rings (SSSR count). The van der Waals surface area contributed by atoms with Crippen LogP contribution in [0.25, 0.3) is 0 Å². The smallest absolute Gasteiger partial charge is 0.122 e. The zero-order valence-corrected chi connectivity index (χ0v) is 66.5. The topological polar surface area (TPSA) is 43.4 Å². The van der Waals surface area contributed by atoms with Crippen LogP contribution in [0.2, 0.25) is 0 Å². The maximum atomic E-state index is 5.63. The van der Waals surface area contributed by atoms with Crippen LogP contribution in [0.5, 0.6) is 23.0 Å². The van der Waals surface area contributed by atoms with Crippen LogP contribution >= 0.6 is 0 Å². The molecule has 6 nitrogen and oxygen atoms in total. The van der Waals surface area contributed by atoms with E-state index in [4.69, 9.17) is 18.9 Å². The van der Waals surface area contributed by atoms with Gasteiger partial charge in [0, 0.05) is 37.7 Å². The Morgan fingerprint density at radius 2 is 0.645 bits per heavy atom. The van der Waals surface area contributed by atoms with Gasteiger partial charge in [0.05, 0.1) is 25.9 Å². The van der Waals surface area contributed by atoms with Crippen LogP contribution in [0.15, 0.2) is 243 Å². The summed E-state index contributed by atoms with van der Waals surface area (Å²) in [5, 5.41) is 0. The molecule has 10 aromatic rings. The molecular weight excluding hydrogens is 1310 g/mol. The number of benzene rings is 10. The summed E-state index contributed by atoms with van der Waals surface area (Å²) >= 11 is 0. The summed E-state index contributed by atoms with van der Waals surface area (Å²) in [5.41, 5.74) is 24.0. The highest BCUT2D eigenvalue weighted by molar-refractivity contribution is 5.41. The van der Waals surface area contributed by atoms with Crippen LogP contribution in [-0.4, -0.2) is 56.4 Å². The number of likely N-dealkylation sites (N-methyl/N-ethyl adjacent to an activating group) is 1. The molecule has 0 saturated carbocycles. The predicted octanol–water partition coefficient (Wildman–Crippen LogP) is 23.9. The highest BCUT2D eigenvalue weighted by atomic mass is 16.5. The molecule has 0 amide bonds. The lowest BCUT2D eigenvalue weighted by Crippen LogP contribution is -2.26. The zero-order chi connectivity index (χ0) is 74.7. The summed E-state index contributed by atoms with van der Waals surface area (Å²) in [5.74, 6) is 9.67. The van der Waals surface area contributed by atoms with Crippen molar-refractivity contribution in [2.24, 2.45) is 23.7 Å². The second kappa shape index (κ2) is 41.0. The summed E-state index contributed by atoms with van der Waals surface area (Å²) < 4.78 is 22.2. The molecule has 10 aromatic carbocycles. The normalized spacial score (nSPS) is 21.0. The van der Waals surface area contributed by atoms with Crippen LogP contribution < -0.4 is 18.9 Å². The maximum absolute atomic E-state index is 5.63. The van der Waals surface area contributed by atoms with Gasteiger partial charge in [-0.25, -0.2) is 0 Å². The van der Waals surface area contributed by atoms with Gasteiger partial charge in [-0.3, -0.25) is 4.90 Å². The molecule has 0 bridgehead atoms. The Bertz CT molecular complexity index is 3950. The minimum atomic E-state index is 0.393. The van der Waals surface area contributed by atoms with Crippen molar-refractivity contribution in [1.29, 1.82) is 0 Å². The van der Waals surface area contributed by atoms with Crippen molar-refractivity contribution >= 4 is 0 Å². The fourth-order valence-corrected chi connectivity index (χ4v) is 16.5. The summed E-state index contributed by atoms with van der Waals surface area (Å²) in [4.78, 5) is 4.69. The lowest BCUT2D eigenvalue weighted by molar-refractivity contribution is 0.192. The Balaban J connectivity index is 0.000000119. The summed E-state index contributed by atoms with van der Waals surface area (Å²) in [7, 11) is 4.33. The van der Waals surface area contributed by atoms with E-state index in [-0.39, 0.29) is 0 Å². The molecular formula is C101H124N2O4. The van der Waals surface area contributed by atoms with Gasteiger partial charge in [-0.05, 0) is 267 Å². The lowest BCUT2D eigenvalue weighted by atomic mass is 9.84. The van der Waals surface area contributed by atoms with Crippen molar-refractivity contribution < 1.29 is 18.9 Å². The molecule has 6 heterocycles. The Labute approximate surface area is 645 Å². The van der Waals surface area contributed by atoms with Crippen molar-refractivity contribution in [3.63, 3.8) is 0 Å². The Morgan fingerprint density at radius 3 is 1.22 bits per heavy atom. The van der Waals surface area contributed by atoms with Gasteiger partial charge in [-0.15, -0.1) is 0 Å². The van der Waals surface area contributed by atoms with Crippen LogP contribution in [0.4, 0.5) is 0 Å². The zero-order valence-electron chi connectivity index (χ0n) is 66.5. The standard InChI is InChI=1S/C11H14O.2C11H14.C10H13N.2C10H12O.2C10H12.C9H11N.C9H10O/c1-9-6-7-12-11-5-3-2-4-10(11)8-9;1-9-5-4-7-10-6-2-3-8-11(9)10;1-9-6-7-10-4-2-3-5-11(10)8-9;1-11-7-6-9-4-2-3-5-10(9)8-11;1-8-6-9-4-2-3-5-10(9)11-7-8;1-8-6-7-9-4-2-3-5-10(9)11-8;1-8-6-9-4-2-3-5-10(9)7-8;1-8-6-7-9-4-2-3-5-10(8)9;1-10-6-8-4-2-3-5-9(8)7-10;1-7-6-10-9-5-3-2-4-8(7)9/h2-5,9H,6-8H2,1H3;2-3,6,8-9H,4-5,7H2,1H3;2-5,9H,6-8H2,1H3;2-5H,6-8H2,1H3;2*2-5,8H,6-7H2,1H3;2*2-5,8H,6-7H2,1H3;2-5H,6-7H2,1H3;2-5,7H,6H2,1H3/t3*9-;;2*8-;;8-;;7-/m011.00.1.1/s1. The van der Waals surface area contributed by atoms with Crippen LogP contribution in [-0.2, 0) is 83.8 Å². The van der Waals surface area contributed by atoms with Crippen LogP contribution in [0.1, 0.15) is 201 Å². The number of hydrogen-bond acceptors (Lipinski definition) is 6. The van der Waals surface area contributed by atoms with E-state index in [9.17, 15) is 0 Å². The van der Waals surface area contributed by atoms with E-state index in [0.717, 1.165) is 118 Å². The van der Waals surface area contributed by atoms with Gasteiger partial charge in [-0.2, -0.15) is 0 Å². The monoisotopic (exact) mass is 1430 g/mol. The molecule has 562 valence electrons. The molecule has 0 radical (unpaired) electrons. The van der Waals surface area contributed by atoms with E-state index in [0.29, 0.717) is 17.9 Å². The Kier molecular flexibility index (Phi) is 30.4. The number of para-hydroxylation sites is 4. The molecule has 107 heavy (non-hydrogen) atoms. The summed E-state index contributed by atoms with van der Waals surface area (Å²) in [6.45, 7) is 25.3. The predicted molar refractivity (Wildman–Crippen MR) is 449 cm³/mol. The summed E-state index contributed by atoms with van der Waals surface area (Å²) in [6.07, 6.45) is 20.6. The molecule has 0 unspecified atom stereocenters. The first-order chi connectivity index (χ1) is 52.2. The van der Waals surface area contributed by atoms with Crippen LogP contribution in [0.3, 0.4) is 0 Å². The molecule has 4 aliphatic carbocycles. The second-order valence-electron chi connectivity index (χ2n) is 32.3. The first-order valence-corrected chi connectivity index (χ1v) is 40.8. The van der Waals surface area contributed by atoms with Gasteiger partial charge >= 0.3 is 0 Å². The highest BCUT2D eigenvalue weighted by Gasteiger charge is 2.22. The first-order valence-electron chi connectivity index (χ1n) is 40.8. The van der Waals surface area contributed by atoms with Crippen molar-refractivity contribution in [3.8, 4) is 23.0 Å². The first kappa shape index (κ1) is 79.4. The molecule has 6 heteroatoms. The number of fused-ring (bicyclic) bond motifs is 10. The van der Waals surface area contributed by atoms with Gasteiger partial charge < -0.3 is 23.8 Å². The number of rotatable bonds is 0. The molecule has 7 atom stereocenters. The van der Waals surface area contributed by atoms with Gasteiger partial charge in [0.2, 0.25) is 0 Å². The lowest BCUT2D eigenvalue weighted by Gasteiger charge is -2.24. The third kappa shape index (κ3) is 24.2. The fraction of sp³-hybridized carbons (Fsp3) is 0.406. The molecule has 10 aliphatic rings. The van der Waals surface area contributed by atoms with Crippen molar-refractivity contribution in [1.82, 2.24) is 9.80 Å². The van der Waals surface area contributed by atoms with Crippen molar-refractivity contribution in [2.45, 2.75) is 202 Å². The van der Waals surface area contributed by atoms with Gasteiger partial charge in [-0.1, -0.05) is 267 Å². The fourth-order valence-electron chi connectivity index (χ4n) is 16.5. The Morgan fingerprint density at radius 1 is 0.262 bits per heavy atom. The largest absolute Gasteiger partial charge is 0.493 e. The molecule has 6 aliphatic heterocycles. The van der Waals surface area contributed by atoms with Crippen molar-refractivity contribution in [3.05, 3.63) is 332 Å². The molecule has 0 N–H and O–H groups in total. The molecule has 0 saturated heterocycles. The maximum Gasteiger partial charge on any atom is 0.122 e. The quantitative estimate of drug-likeness (QED) is 0.151. The number of hydrogen-bond donors (Lipinski definition) is 0. The number of aryl methyl sites for hydroxylation is 4. The van der Waals surface area contributed by atoms with Gasteiger partial charge in [0.15, 0.2) is 0 Å². The molecule has 0 aromatic heterocycles. The number of nitrogens with zero attached hydrogens (tertiary/aromatic N) is 2. The van der Waals surface area contributed by atoms with E-state index in [1.165, 1.54) is 128 Å². The third-order valence-electron chi connectivity index (χ3n) is 22.8. The summed E-state index contributed by atoms with van der Waals surface area (Å²) in [6, 6.07) is 85.7.